The Kier molecular flexibility index (Phi) is 6.14. The van der Waals surface area contributed by atoms with Gasteiger partial charge in [-0.25, -0.2) is 9.37 Å². The standard InChI is InChI=1S/C27H24Cl2FN3O4S/c28-17-2-1-3-18(29)22(17)23-16(25(37-32-23)12-4-5-12)11-36-20-9-15-6-14(20)10-33(15)27-31-24-19(30)7-13(26(34)35)8-21(24)38-27/h1-3,7-8,12,14-15,20,26,34-35H,4-6,9-11H2/t14-,15-,20-/m1/s1. The molecule has 0 spiro atoms. The fourth-order valence-electron chi connectivity index (χ4n) is 5.85. The first-order valence-electron chi connectivity index (χ1n) is 12.6. The van der Waals surface area contributed by atoms with Crippen LogP contribution in [0.4, 0.5) is 9.52 Å². The van der Waals surface area contributed by atoms with Crippen LogP contribution in [0, 0.1) is 11.7 Å². The van der Waals surface area contributed by atoms with E-state index in [1.807, 2.05) is 6.07 Å². The van der Waals surface area contributed by atoms with Crippen LogP contribution in [0.1, 0.15) is 54.8 Å². The van der Waals surface area contributed by atoms with E-state index in [9.17, 15) is 14.6 Å². The molecule has 3 aliphatic rings. The summed E-state index contributed by atoms with van der Waals surface area (Å²) in [4.78, 5) is 6.77. The van der Waals surface area contributed by atoms with Gasteiger partial charge in [0, 0.05) is 41.1 Å². The number of hydrogen-bond acceptors (Lipinski definition) is 8. The molecular formula is C27H24Cl2FN3O4S. The number of fused-ring (bicyclic) bond motifs is 3. The predicted molar refractivity (Wildman–Crippen MR) is 143 cm³/mol. The number of hydrogen-bond donors (Lipinski definition) is 2. The molecule has 0 radical (unpaired) electrons. The summed E-state index contributed by atoms with van der Waals surface area (Å²) in [5, 5.41) is 25.1. The Balaban J connectivity index is 1.09. The average Bonchev–Trinajstić information content (AvgIpc) is 3.22. The largest absolute Gasteiger partial charge is 0.373 e. The molecule has 198 valence electrons. The highest BCUT2D eigenvalue weighted by molar-refractivity contribution is 7.22. The minimum Gasteiger partial charge on any atom is -0.373 e. The first kappa shape index (κ1) is 24.7. The second-order valence-electron chi connectivity index (χ2n) is 10.4. The van der Waals surface area contributed by atoms with Crippen molar-refractivity contribution in [1.82, 2.24) is 10.1 Å². The molecule has 7 rings (SSSR count). The highest BCUT2D eigenvalue weighted by Crippen LogP contribution is 2.48. The number of aliphatic hydroxyl groups excluding tert-OH is 1. The quantitative estimate of drug-likeness (QED) is 0.245. The number of nitrogens with zero attached hydrogens (tertiary/aromatic N) is 3. The Morgan fingerprint density at radius 2 is 1.97 bits per heavy atom. The molecule has 3 atom stereocenters. The normalized spacial score (nSPS) is 22.9. The lowest BCUT2D eigenvalue weighted by molar-refractivity contribution is -0.0425. The fraction of sp³-hybridized carbons (Fsp3) is 0.407. The van der Waals surface area contributed by atoms with Gasteiger partial charge in [0.2, 0.25) is 0 Å². The van der Waals surface area contributed by atoms with E-state index in [4.69, 9.17) is 32.5 Å². The van der Waals surface area contributed by atoms with E-state index in [-0.39, 0.29) is 23.2 Å². The van der Waals surface area contributed by atoms with Crippen molar-refractivity contribution in [2.75, 3.05) is 11.4 Å². The second-order valence-corrected chi connectivity index (χ2v) is 12.2. The Bertz CT molecular complexity index is 1520. The summed E-state index contributed by atoms with van der Waals surface area (Å²) in [6, 6.07) is 8.36. The monoisotopic (exact) mass is 575 g/mol. The van der Waals surface area contributed by atoms with E-state index in [0.717, 1.165) is 54.7 Å². The molecule has 4 aromatic rings. The van der Waals surface area contributed by atoms with Crippen molar-refractivity contribution >= 4 is 49.9 Å². The Labute approximate surface area is 231 Å². The summed E-state index contributed by atoms with van der Waals surface area (Å²) in [7, 11) is 0. The molecule has 2 saturated carbocycles. The maximum atomic E-state index is 14.5. The fourth-order valence-corrected chi connectivity index (χ4v) is 7.54. The lowest BCUT2D eigenvalue weighted by Crippen LogP contribution is -2.38. The summed E-state index contributed by atoms with van der Waals surface area (Å²) in [5.41, 5.74) is 2.63. The molecule has 1 aliphatic heterocycles. The predicted octanol–water partition coefficient (Wildman–Crippen LogP) is 6.44. The minimum atomic E-state index is -1.72. The molecule has 2 bridgehead atoms. The van der Waals surface area contributed by atoms with Gasteiger partial charge >= 0.3 is 0 Å². The zero-order valence-electron chi connectivity index (χ0n) is 20.1. The molecule has 3 fully saturated rings. The maximum absolute atomic E-state index is 14.5. The van der Waals surface area contributed by atoms with Gasteiger partial charge < -0.3 is 24.4 Å². The molecule has 2 aromatic carbocycles. The highest BCUT2D eigenvalue weighted by Gasteiger charge is 2.46. The molecule has 38 heavy (non-hydrogen) atoms. The van der Waals surface area contributed by atoms with Gasteiger partial charge in [0.1, 0.15) is 17.0 Å². The number of aliphatic hydroxyl groups is 2. The van der Waals surface area contributed by atoms with Crippen LogP contribution in [0.25, 0.3) is 21.5 Å². The van der Waals surface area contributed by atoms with Gasteiger partial charge in [-0.3, -0.25) is 0 Å². The van der Waals surface area contributed by atoms with Crippen molar-refractivity contribution in [3.8, 4) is 11.3 Å². The number of anilines is 1. The number of aromatic nitrogens is 2. The topological polar surface area (TPSA) is 91.9 Å². The van der Waals surface area contributed by atoms with E-state index in [1.54, 1.807) is 18.2 Å². The Morgan fingerprint density at radius 3 is 2.66 bits per heavy atom. The zero-order valence-corrected chi connectivity index (χ0v) is 22.4. The SMILES string of the molecule is OC(O)c1cc(F)c2nc(N3C[C@H]4C[C@@H]3C[C@H]4OCc3c(-c4c(Cl)cccc4Cl)noc3C3CC3)sc2c1. The van der Waals surface area contributed by atoms with Crippen LogP contribution < -0.4 is 4.90 Å². The van der Waals surface area contributed by atoms with Crippen molar-refractivity contribution in [3.05, 3.63) is 63.1 Å². The molecule has 1 saturated heterocycles. The second kappa shape index (κ2) is 9.43. The van der Waals surface area contributed by atoms with Gasteiger partial charge in [0.15, 0.2) is 17.2 Å². The van der Waals surface area contributed by atoms with E-state index in [1.165, 1.54) is 11.3 Å². The van der Waals surface area contributed by atoms with E-state index >= 15 is 0 Å². The van der Waals surface area contributed by atoms with Gasteiger partial charge in [-0.1, -0.05) is 45.8 Å². The number of rotatable bonds is 7. The lowest BCUT2D eigenvalue weighted by Gasteiger charge is -2.31. The van der Waals surface area contributed by atoms with Crippen LogP contribution >= 0.6 is 34.5 Å². The number of benzene rings is 2. The minimum absolute atomic E-state index is 0.0787. The summed E-state index contributed by atoms with van der Waals surface area (Å²) < 4.78 is 27.4. The summed E-state index contributed by atoms with van der Waals surface area (Å²) in [5.74, 6) is 1.000. The van der Waals surface area contributed by atoms with Crippen molar-refractivity contribution in [3.63, 3.8) is 0 Å². The number of halogens is 3. The zero-order chi connectivity index (χ0) is 26.1. The van der Waals surface area contributed by atoms with Crippen LogP contribution in [0.5, 0.6) is 0 Å². The van der Waals surface area contributed by atoms with Crippen molar-refractivity contribution < 1.29 is 23.9 Å². The molecule has 2 N–H and O–H groups in total. The first-order chi connectivity index (χ1) is 18.4. The first-order valence-corrected chi connectivity index (χ1v) is 14.2. The van der Waals surface area contributed by atoms with Crippen molar-refractivity contribution in [2.45, 2.75) is 56.6 Å². The molecule has 7 nitrogen and oxygen atoms in total. The summed E-state index contributed by atoms with van der Waals surface area (Å²) in [6.45, 7) is 1.15. The van der Waals surface area contributed by atoms with E-state index in [0.29, 0.717) is 44.4 Å². The van der Waals surface area contributed by atoms with Crippen LogP contribution in [0.3, 0.4) is 0 Å². The van der Waals surface area contributed by atoms with E-state index < -0.39 is 12.1 Å². The molecule has 11 heteroatoms. The smallest absolute Gasteiger partial charge is 0.186 e. The molecule has 2 aliphatic carbocycles. The van der Waals surface area contributed by atoms with Gasteiger partial charge in [-0.05, 0) is 49.9 Å². The molecule has 0 unspecified atom stereocenters. The number of piperidine rings is 1. The van der Waals surface area contributed by atoms with E-state index in [2.05, 4.69) is 15.0 Å². The maximum Gasteiger partial charge on any atom is 0.186 e. The van der Waals surface area contributed by atoms with Crippen LogP contribution in [0.15, 0.2) is 34.9 Å². The van der Waals surface area contributed by atoms with Gasteiger partial charge in [-0.15, -0.1) is 0 Å². The van der Waals surface area contributed by atoms with Gasteiger partial charge in [0.25, 0.3) is 0 Å². The number of ether oxygens (including phenoxy) is 1. The third-order valence-corrected chi connectivity index (χ3v) is 9.56. The van der Waals surface area contributed by atoms with Crippen molar-refractivity contribution in [2.24, 2.45) is 5.92 Å². The average molecular weight is 576 g/mol. The Morgan fingerprint density at radius 1 is 1.18 bits per heavy atom. The molecule has 2 aromatic heterocycles. The lowest BCUT2D eigenvalue weighted by atomic mass is 10.0. The van der Waals surface area contributed by atoms with Gasteiger partial charge in [0.05, 0.1) is 27.5 Å². The Hall–Kier alpha value is -2.27. The molecule has 3 heterocycles. The third-order valence-electron chi connectivity index (χ3n) is 7.89. The van der Waals surface area contributed by atoms with Crippen molar-refractivity contribution in [1.29, 1.82) is 0 Å². The summed E-state index contributed by atoms with van der Waals surface area (Å²) in [6.07, 6.45) is 2.32. The molecular weight excluding hydrogens is 552 g/mol. The van der Waals surface area contributed by atoms with Crippen LogP contribution in [-0.2, 0) is 11.3 Å². The molecule has 0 amide bonds. The number of thiazole rings is 1. The highest BCUT2D eigenvalue weighted by atomic mass is 35.5. The summed E-state index contributed by atoms with van der Waals surface area (Å²) >= 11 is 14.4. The third kappa shape index (κ3) is 4.20. The van der Waals surface area contributed by atoms with Crippen LogP contribution in [0.2, 0.25) is 10.0 Å². The van der Waals surface area contributed by atoms with Crippen LogP contribution in [-0.4, -0.2) is 39.0 Å². The van der Waals surface area contributed by atoms with Gasteiger partial charge in [-0.2, -0.15) is 0 Å².